The van der Waals surface area contributed by atoms with Gasteiger partial charge in [-0.2, -0.15) is 0 Å². The van der Waals surface area contributed by atoms with Crippen LogP contribution in [0.4, 0.5) is 16.3 Å². The van der Waals surface area contributed by atoms with Crippen LogP contribution in [0.1, 0.15) is 28.2 Å². The minimum Gasteiger partial charge on any atom is -0.397 e. The van der Waals surface area contributed by atoms with Crippen LogP contribution in [0.3, 0.4) is 0 Å². The Morgan fingerprint density at radius 2 is 2.00 bits per heavy atom. The molecule has 0 aromatic carbocycles. The number of nitrogens with zero attached hydrogens (tertiary/aromatic N) is 3. The number of hydrogen-bond donors (Lipinski definition) is 4. The van der Waals surface area contributed by atoms with Crippen LogP contribution >= 0.6 is 11.3 Å². The molecule has 30 heavy (non-hydrogen) atoms. The summed E-state index contributed by atoms with van der Waals surface area (Å²) >= 11 is 1.15. The SMILES string of the molecule is CC1C=CC(NC(=O)Nc2ccccn2)=CC1c1ncnc2sc(C(N)=O)c(N)c12. The fourth-order valence-electron chi connectivity index (χ4n) is 3.32. The standard InChI is InChI=1S/C20H19N7O2S/c1-10-5-6-11(26-20(29)27-13-4-2-3-7-23-13)8-12(10)16-14-15(21)17(18(22)28)30-19(14)25-9-24-16/h2-10,12H,21H2,1H3,(H2,22,28)(H2,23,26,27,29). The number of aromatic nitrogens is 3. The Morgan fingerprint density at radius 1 is 1.17 bits per heavy atom. The van der Waals surface area contributed by atoms with Crippen LogP contribution in [0.2, 0.25) is 0 Å². The first-order valence-electron chi connectivity index (χ1n) is 9.15. The molecule has 6 N–H and O–H groups in total. The number of carbonyl (C=O) groups excluding carboxylic acids is 2. The number of primary amides is 1. The molecule has 10 heteroatoms. The lowest BCUT2D eigenvalue weighted by Gasteiger charge is -2.23. The van der Waals surface area contributed by atoms with Gasteiger partial charge in [-0.1, -0.05) is 25.1 Å². The highest BCUT2D eigenvalue weighted by Gasteiger charge is 2.27. The molecule has 2 atom stereocenters. The van der Waals surface area contributed by atoms with E-state index in [4.69, 9.17) is 11.5 Å². The maximum Gasteiger partial charge on any atom is 0.324 e. The number of nitrogens with one attached hydrogen (secondary N) is 2. The van der Waals surface area contributed by atoms with E-state index in [1.165, 1.54) is 6.33 Å². The number of hydrogen-bond acceptors (Lipinski definition) is 7. The number of fused-ring (bicyclic) bond motifs is 1. The molecule has 0 saturated carbocycles. The molecule has 0 saturated heterocycles. The number of carbonyl (C=O) groups is 2. The third-order valence-electron chi connectivity index (χ3n) is 4.76. The summed E-state index contributed by atoms with van der Waals surface area (Å²) in [5, 5.41) is 6.11. The van der Waals surface area contributed by atoms with E-state index in [1.807, 2.05) is 25.2 Å². The molecule has 152 valence electrons. The topological polar surface area (TPSA) is 149 Å². The first-order chi connectivity index (χ1) is 14.4. The lowest BCUT2D eigenvalue weighted by Crippen LogP contribution is -2.29. The van der Waals surface area contributed by atoms with Crippen molar-refractivity contribution in [2.75, 3.05) is 11.1 Å². The van der Waals surface area contributed by atoms with Gasteiger partial charge >= 0.3 is 6.03 Å². The number of nitrogen functional groups attached to an aromatic ring is 1. The number of thiophene rings is 1. The number of anilines is 2. The lowest BCUT2D eigenvalue weighted by atomic mass is 9.85. The van der Waals surface area contributed by atoms with E-state index in [-0.39, 0.29) is 22.4 Å². The van der Waals surface area contributed by atoms with Crippen molar-refractivity contribution in [3.8, 4) is 0 Å². The van der Waals surface area contributed by atoms with Crippen molar-refractivity contribution < 1.29 is 9.59 Å². The quantitative estimate of drug-likeness (QED) is 0.509. The summed E-state index contributed by atoms with van der Waals surface area (Å²) in [6, 6.07) is 4.84. The van der Waals surface area contributed by atoms with Crippen LogP contribution in [0.25, 0.3) is 10.2 Å². The van der Waals surface area contributed by atoms with Crippen molar-refractivity contribution in [1.29, 1.82) is 0 Å². The van der Waals surface area contributed by atoms with Crippen LogP contribution in [-0.4, -0.2) is 26.9 Å². The summed E-state index contributed by atoms with van der Waals surface area (Å²) in [4.78, 5) is 37.6. The molecule has 0 radical (unpaired) electrons. The zero-order valence-electron chi connectivity index (χ0n) is 16.0. The van der Waals surface area contributed by atoms with Gasteiger partial charge in [0.05, 0.1) is 16.8 Å². The molecule has 3 aromatic heterocycles. The van der Waals surface area contributed by atoms with Gasteiger partial charge in [0.2, 0.25) is 0 Å². The summed E-state index contributed by atoms with van der Waals surface area (Å²) in [7, 11) is 0. The smallest absolute Gasteiger partial charge is 0.324 e. The third-order valence-corrected chi connectivity index (χ3v) is 5.89. The van der Waals surface area contributed by atoms with E-state index >= 15 is 0 Å². The number of allylic oxidation sites excluding steroid dienone is 3. The summed E-state index contributed by atoms with van der Waals surface area (Å²) in [5.74, 6) is -0.239. The molecule has 3 heterocycles. The second kappa shape index (κ2) is 7.91. The average Bonchev–Trinajstić information content (AvgIpc) is 3.07. The number of amides is 3. The van der Waals surface area contributed by atoms with Crippen LogP contribution in [0.5, 0.6) is 0 Å². The van der Waals surface area contributed by atoms with Crippen molar-refractivity contribution >= 4 is 45.0 Å². The van der Waals surface area contributed by atoms with Gasteiger partial charge < -0.3 is 16.8 Å². The first kappa shape index (κ1) is 19.5. The molecular weight excluding hydrogens is 402 g/mol. The zero-order valence-corrected chi connectivity index (χ0v) is 16.8. The maximum atomic E-state index is 12.3. The summed E-state index contributed by atoms with van der Waals surface area (Å²) in [6.07, 6.45) is 8.76. The molecule has 9 nitrogen and oxygen atoms in total. The molecule has 0 spiro atoms. The molecule has 1 aliphatic rings. The average molecular weight is 421 g/mol. The Labute approximate surface area is 175 Å². The second-order valence-corrected chi connectivity index (χ2v) is 7.81. The molecule has 0 fully saturated rings. The van der Waals surface area contributed by atoms with Gasteiger partial charge in [-0.05, 0) is 24.1 Å². The molecule has 2 unspecified atom stereocenters. The van der Waals surface area contributed by atoms with Crippen molar-refractivity contribution in [2.45, 2.75) is 12.8 Å². The van der Waals surface area contributed by atoms with Gasteiger partial charge in [-0.15, -0.1) is 11.3 Å². The van der Waals surface area contributed by atoms with E-state index in [1.54, 1.807) is 24.4 Å². The van der Waals surface area contributed by atoms with Gasteiger partial charge in [-0.25, -0.2) is 19.7 Å². The molecule has 3 amide bonds. The largest absolute Gasteiger partial charge is 0.397 e. The number of pyridine rings is 1. The predicted molar refractivity (Wildman–Crippen MR) is 116 cm³/mol. The second-order valence-electron chi connectivity index (χ2n) is 6.81. The Kier molecular flexibility index (Phi) is 5.15. The van der Waals surface area contributed by atoms with Crippen LogP contribution in [0, 0.1) is 5.92 Å². The lowest BCUT2D eigenvalue weighted by molar-refractivity contribution is 0.100. The van der Waals surface area contributed by atoms with E-state index in [2.05, 4.69) is 25.6 Å². The van der Waals surface area contributed by atoms with Gasteiger partial charge in [0.1, 0.15) is 21.9 Å². The van der Waals surface area contributed by atoms with Crippen molar-refractivity contribution in [3.63, 3.8) is 0 Å². The minimum atomic E-state index is -0.595. The fourth-order valence-corrected chi connectivity index (χ4v) is 4.24. The number of nitrogens with two attached hydrogens (primary N) is 2. The van der Waals surface area contributed by atoms with Crippen molar-refractivity contribution in [3.05, 3.63) is 65.2 Å². The molecule has 4 rings (SSSR count). The predicted octanol–water partition coefficient (Wildman–Crippen LogP) is 2.76. The van der Waals surface area contributed by atoms with Crippen molar-refractivity contribution in [2.24, 2.45) is 11.7 Å². The van der Waals surface area contributed by atoms with E-state index in [0.717, 1.165) is 11.3 Å². The number of rotatable bonds is 4. The maximum absolute atomic E-state index is 12.3. The monoisotopic (exact) mass is 421 g/mol. The molecular formula is C20H19N7O2S. The Morgan fingerprint density at radius 3 is 2.73 bits per heavy atom. The molecule has 0 aliphatic heterocycles. The normalized spacial score (nSPS) is 18.1. The van der Waals surface area contributed by atoms with E-state index < -0.39 is 11.9 Å². The summed E-state index contributed by atoms with van der Waals surface area (Å²) in [6.45, 7) is 2.04. The summed E-state index contributed by atoms with van der Waals surface area (Å²) in [5.41, 5.74) is 13.2. The van der Waals surface area contributed by atoms with Crippen LogP contribution in [-0.2, 0) is 0 Å². The Hall–Kier alpha value is -3.79. The van der Waals surface area contributed by atoms with Crippen molar-refractivity contribution in [1.82, 2.24) is 20.3 Å². The molecule has 1 aliphatic carbocycles. The Balaban J connectivity index is 1.64. The van der Waals surface area contributed by atoms with Gasteiger partial charge in [-0.3, -0.25) is 10.1 Å². The molecule has 3 aromatic rings. The molecule has 0 bridgehead atoms. The highest BCUT2D eigenvalue weighted by Crippen LogP contribution is 2.40. The summed E-state index contributed by atoms with van der Waals surface area (Å²) < 4.78 is 0. The highest BCUT2D eigenvalue weighted by atomic mass is 32.1. The van der Waals surface area contributed by atoms with E-state index in [9.17, 15) is 9.59 Å². The fraction of sp³-hybridized carbons (Fsp3) is 0.150. The third kappa shape index (κ3) is 3.72. The first-order valence-corrected chi connectivity index (χ1v) is 9.97. The van der Waals surface area contributed by atoms with Gasteiger partial charge in [0.25, 0.3) is 5.91 Å². The van der Waals surface area contributed by atoms with E-state index in [0.29, 0.717) is 27.4 Å². The number of urea groups is 1. The van der Waals surface area contributed by atoms with Crippen LogP contribution in [0.15, 0.2) is 54.6 Å². The Bertz CT molecular complexity index is 1190. The minimum absolute atomic E-state index is 0.0869. The van der Waals surface area contributed by atoms with Gasteiger partial charge in [0, 0.05) is 17.8 Å². The van der Waals surface area contributed by atoms with Gasteiger partial charge in [0.15, 0.2) is 0 Å². The van der Waals surface area contributed by atoms with Crippen LogP contribution < -0.4 is 22.1 Å². The zero-order chi connectivity index (χ0) is 21.3. The highest BCUT2D eigenvalue weighted by molar-refractivity contribution is 7.21.